The summed E-state index contributed by atoms with van der Waals surface area (Å²) in [6.07, 6.45) is 0.0827. The van der Waals surface area contributed by atoms with Gasteiger partial charge in [0.15, 0.2) is 0 Å². The third-order valence-electron chi connectivity index (χ3n) is 4.36. The van der Waals surface area contributed by atoms with Crippen LogP contribution in [0.5, 0.6) is 5.75 Å². The lowest BCUT2D eigenvalue weighted by Crippen LogP contribution is -2.49. The first-order valence-electron chi connectivity index (χ1n) is 8.06. The molecule has 0 aromatic heterocycles. The van der Waals surface area contributed by atoms with E-state index in [9.17, 15) is 9.18 Å². The molecule has 0 radical (unpaired) electrons. The summed E-state index contributed by atoms with van der Waals surface area (Å²) < 4.78 is 19.0. The van der Waals surface area contributed by atoms with Crippen LogP contribution in [0, 0.1) is 5.82 Å². The predicted octanol–water partition coefficient (Wildman–Crippen LogP) is 2.55. The number of benzene rings is 2. The molecule has 2 aromatic carbocycles. The molecule has 1 heterocycles. The molecule has 126 valence electrons. The Hall–Kier alpha value is -2.40. The monoisotopic (exact) mass is 328 g/mol. The Morgan fingerprint density at radius 1 is 1.25 bits per heavy atom. The molecular formula is C19H21FN2O2. The lowest BCUT2D eigenvalue weighted by atomic mass is 10.0. The van der Waals surface area contributed by atoms with Crippen molar-refractivity contribution in [1.82, 2.24) is 10.2 Å². The van der Waals surface area contributed by atoms with Crippen molar-refractivity contribution in [2.45, 2.75) is 12.5 Å². The Bertz CT molecular complexity index is 703. The van der Waals surface area contributed by atoms with Crippen LogP contribution < -0.4 is 10.1 Å². The maximum atomic E-state index is 13.8. The van der Waals surface area contributed by atoms with Crippen LogP contribution >= 0.6 is 0 Å². The van der Waals surface area contributed by atoms with E-state index in [4.69, 9.17) is 4.74 Å². The Balaban J connectivity index is 1.78. The number of rotatable bonds is 4. The third kappa shape index (κ3) is 3.57. The summed E-state index contributed by atoms with van der Waals surface area (Å²) in [5.41, 5.74) is 1.49. The Morgan fingerprint density at radius 2 is 2.00 bits per heavy atom. The molecule has 1 amide bonds. The molecule has 0 aliphatic carbocycles. The number of piperazine rings is 1. The van der Waals surface area contributed by atoms with Crippen LogP contribution in [-0.2, 0) is 11.2 Å². The molecule has 0 bridgehead atoms. The van der Waals surface area contributed by atoms with Crippen molar-refractivity contribution in [2.75, 3.05) is 26.7 Å². The molecule has 5 heteroatoms. The van der Waals surface area contributed by atoms with Gasteiger partial charge in [-0.2, -0.15) is 0 Å². The molecule has 3 rings (SSSR count). The van der Waals surface area contributed by atoms with E-state index in [0.29, 0.717) is 18.7 Å². The van der Waals surface area contributed by atoms with Gasteiger partial charge in [0.1, 0.15) is 11.6 Å². The van der Waals surface area contributed by atoms with E-state index in [2.05, 4.69) is 5.32 Å². The zero-order chi connectivity index (χ0) is 16.9. The summed E-state index contributed by atoms with van der Waals surface area (Å²) in [7, 11) is 1.63. The van der Waals surface area contributed by atoms with Crippen molar-refractivity contribution < 1.29 is 13.9 Å². The van der Waals surface area contributed by atoms with Gasteiger partial charge in [-0.3, -0.25) is 4.79 Å². The van der Waals surface area contributed by atoms with Gasteiger partial charge >= 0.3 is 0 Å². The van der Waals surface area contributed by atoms with Crippen molar-refractivity contribution in [3.8, 4) is 5.75 Å². The quantitative estimate of drug-likeness (QED) is 0.938. The SMILES string of the molecule is COc1ccc(C2CNCCN2C(=O)Cc2ccccc2F)cc1. The standard InChI is InChI=1S/C19H21FN2O2/c1-24-16-8-6-14(7-9-16)18-13-21-10-11-22(18)19(23)12-15-4-2-3-5-17(15)20/h2-9,18,21H,10-13H2,1H3. The highest BCUT2D eigenvalue weighted by Gasteiger charge is 2.28. The smallest absolute Gasteiger partial charge is 0.227 e. The minimum atomic E-state index is -0.331. The van der Waals surface area contributed by atoms with Gasteiger partial charge in [0.25, 0.3) is 0 Å². The Labute approximate surface area is 141 Å². The summed E-state index contributed by atoms with van der Waals surface area (Å²) >= 11 is 0. The second-order valence-electron chi connectivity index (χ2n) is 5.85. The van der Waals surface area contributed by atoms with E-state index in [1.807, 2.05) is 29.2 Å². The van der Waals surface area contributed by atoms with Crippen LogP contribution in [0.3, 0.4) is 0 Å². The first kappa shape index (κ1) is 16.5. The van der Waals surface area contributed by atoms with Crippen molar-refractivity contribution >= 4 is 5.91 Å². The van der Waals surface area contributed by atoms with Crippen molar-refractivity contribution in [3.63, 3.8) is 0 Å². The summed E-state index contributed by atoms with van der Waals surface area (Å²) in [6.45, 7) is 2.05. The average molecular weight is 328 g/mol. The highest BCUT2D eigenvalue weighted by atomic mass is 19.1. The number of carbonyl (C=O) groups excluding carboxylic acids is 1. The second kappa shape index (κ2) is 7.45. The number of nitrogens with one attached hydrogen (secondary N) is 1. The minimum Gasteiger partial charge on any atom is -0.497 e. The molecular weight excluding hydrogens is 307 g/mol. The molecule has 24 heavy (non-hydrogen) atoms. The van der Waals surface area contributed by atoms with Crippen LogP contribution in [0.25, 0.3) is 0 Å². The normalized spacial score (nSPS) is 17.6. The number of amides is 1. The zero-order valence-electron chi connectivity index (χ0n) is 13.7. The molecule has 1 fully saturated rings. The molecule has 1 atom stereocenters. The first-order chi connectivity index (χ1) is 11.7. The van der Waals surface area contributed by atoms with Gasteiger partial charge in [-0.15, -0.1) is 0 Å². The lowest BCUT2D eigenvalue weighted by Gasteiger charge is -2.36. The number of methoxy groups -OCH3 is 1. The van der Waals surface area contributed by atoms with E-state index < -0.39 is 0 Å². The van der Waals surface area contributed by atoms with Gasteiger partial charge in [-0.25, -0.2) is 4.39 Å². The lowest BCUT2D eigenvalue weighted by molar-refractivity contribution is -0.133. The van der Waals surface area contributed by atoms with Crippen molar-refractivity contribution in [2.24, 2.45) is 0 Å². The van der Waals surface area contributed by atoms with Crippen LogP contribution in [0.2, 0.25) is 0 Å². The Morgan fingerprint density at radius 3 is 2.71 bits per heavy atom. The first-order valence-corrected chi connectivity index (χ1v) is 8.06. The van der Waals surface area contributed by atoms with Crippen molar-refractivity contribution in [3.05, 3.63) is 65.5 Å². The van der Waals surface area contributed by atoms with E-state index in [-0.39, 0.29) is 24.2 Å². The summed E-state index contributed by atoms with van der Waals surface area (Å²) in [5, 5.41) is 3.32. The van der Waals surface area contributed by atoms with Crippen LogP contribution in [-0.4, -0.2) is 37.6 Å². The predicted molar refractivity (Wildman–Crippen MR) is 90.4 cm³/mol. The molecule has 0 saturated carbocycles. The third-order valence-corrected chi connectivity index (χ3v) is 4.36. The van der Waals surface area contributed by atoms with Gasteiger partial charge in [0.05, 0.1) is 19.6 Å². The number of carbonyl (C=O) groups is 1. The Kier molecular flexibility index (Phi) is 5.11. The molecule has 1 aliphatic rings. The minimum absolute atomic E-state index is 0.0519. The zero-order valence-corrected chi connectivity index (χ0v) is 13.7. The summed E-state index contributed by atoms with van der Waals surface area (Å²) in [6, 6.07) is 14.1. The molecule has 1 N–H and O–H groups in total. The maximum Gasteiger partial charge on any atom is 0.227 e. The number of halogens is 1. The van der Waals surface area contributed by atoms with E-state index in [0.717, 1.165) is 17.9 Å². The van der Waals surface area contributed by atoms with E-state index >= 15 is 0 Å². The van der Waals surface area contributed by atoms with Gasteiger partial charge in [0.2, 0.25) is 5.91 Å². The molecule has 1 saturated heterocycles. The largest absolute Gasteiger partial charge is 0.497 e. The van der Waals surface area contributed by atoms with Crippen LogP contribution in [0.4, 0.5) is 4.39 Å². The van der Waals surface area contributed by atoms with Gasteiger partial charge < -0.3 is 15.0 Å². The highest BCUT2D eigenvalue weighted by Crippen LogP contribution is 2.25. The van der Waals surface area contributed by atoms with Crippen molar-refractivity contribution in [1.29, 1.82) is 0 Å². The number of hydrogen-bond acceptors (Lipinski definition) is 3. The second-order valence-corrected chi connectivity index (χ2v) is 5.85. The van der Waals surface area contributed by atoms with Crippen LogP contribution in [0.15, 0.2) is 48.5 Å². The number of nitrogens with zero attached hydrogens (tertiary/aromatic N) is 1. The molecule has 1 unspecified atom stereocenters. The fourth-order valence-corrected chi connectivity index (χ4v) is 3.03. The highest BCUT2D eigenvalue weighted by molar-refractivity contribution is 5.79. The molecule has 1 aliphatic heterocycles. The number of ether oxygens (including phenoxy) is 1. The van der Waals surface area contributed by atoms with Gasteiger partial charge in [-0.1, -0.05) is 30.3 Å². The summed E-state index contributed by atoms with van der Waals surface area (Å²) in [5.74, 6) is 0.399. The molecule has 4 nitrogen and oxygen atoms in total. The topological polar surface area (TPSA) is 41.6 Å². The number of hydrogen-bond donors (Lipinski definition) is 1. The fraction of sp³-hybridized carbons (Fsp3) is 0.316. The van der Waals surface area contributed by atoms with Gasteiger partial charge in [0, 0.05) is 19.6 Å². The fourth-order valence-electron chi connectivity index (χ4n) is 3.03. The maximum absolute atomic E-state index is 13.8. The van der Waals surface area contributed by atoms with E-state index in [1.165, 1.54) is 6.07 Å². The molecule has 2 aromatic rings. The van der Waals surface area contributed by atoms with Gasteiger partial charge in [-0.05, 0) is 29.3 Å². The van der Waals surface area contributed by atoms with E-state index in [1.54, 1.807) is 25.3 Å². The van der Waals surface area contributed by atoms with Crippen LogP contribution in [0.1, 0.15) is 17.2 Å². The summed E-state index contributed by atoms with van der Waals surface area (Å²) in [4.78, 5) is 14.6. The molecule has 0 spiro atoms. The average Bonchev–Trinajstić information content (AvgIpc) is 2.63.